The van der Waals surface area contributed by atoms with Gasteiger partial charge in [-0.3, -0.25) is 0 Å². The van der Waals surface area contributed by atoms with Gasteiger partial charge in [0.2, 0.25) is 11.8 Å². The van der Waals surface area contributed by atoms with Crippen LogP contribution in [0.1, 0.15) is 0 Å². The van der Waals surface area contributed by atoms with Crippen molar-refractivity contribution in [3.63, 3.8) is 0 Å². The maximum absolute atomic E-state index is 5.98. The number of hydrogen-bond acceptors (Lipinski definition) is 4. The predicted octanol–water partition coefficient (Wildman–Crippen LogP) is 4.77. The average molecular weight is 320 g/mol. The summed E-state index contributed by atoms with van der Waals surface area (Å²) in [7, 11) is 1.75. The fraction of sp³-hybridized carbons (Fsp3) is 0.0667. The van der Waals surface area contributed by atoms with Crippen LogP contribution in [0.15, 0.2) is 42.5 Å². The monoisotopic (exact) mass is 319 g/mol. The van der Waals surface area contributed by atoms with E-state index in [-0.39, 0.29) is 0 Å². The maximum Gasteiger partial charge on any atom is 0.231 e. The standard InChI is InChI=1S/C15H11Cl2N3O/c1-18-15-19-13-5-3-2-4-12(13)14(20-15)21-11-7-9(16)6-10(17)8-11/h2-8H,1H3,(H,18,19,20). The molecular formula is C15H11Cl2N3O. The van der Waals surface area contributed by atoms with Crippen LogP contribution in [0.2, 0.25) is 10.0 Å². The molecule has 1 N–H and O–H groups in total. The minimum absolute atomic E-state index is 0.447. The summed E-state index contributed by atoms with van der Waals surface area (Å²) < 4.78 is 5.84. The van der Waals surface area contributed by atoms with Crippen LogP contribution in [0.5, 0.6) is 11.6 Å². The molecule has 0 unspecified atom stereocenters. The highest BCUT2D eigenvalue weighted by molar-refractivity contribution is 6.34. The van der Waals surface area contributed by atoms with Gasteiger partial charge in [0, 0.05) is 17.1 Å². The fourth-order valence-electron chi connectivity index (χ4n) is 1.94. The van der Waals surface area contributed by atoms with E-state index in [1.807, 2.05) is 24.3 Å². The van der Waals surface area contributed by atoms with Crippen molar-refractivity contribution in [1.82, 2.24) is 9.97 Å². The summed E-state index contributed by atoms with van der Waals surface area (Å²) in [6, 6.07) is 12.6. The number of nitrogens with zero attached hydrogens (tertiary/aromatic N) is 2. The van der Waals surface area contributed by atoms with E-state index in [4.69, 9.17) is 27.9 Å². The molecule has 6 heteroatoms. The molecule has 0 saturated carbocycles. The first-order chi connectivity index (χ1) is 10.2. The summed E-state index contributed by atoms with van der Waals surface area (Å²) >= 11 is 12.0. The highest BCUT2D eigenvalue weighted by atomic mass is 35.5. The van der Waals surface area contributed by atoms with E-state index in [2.05, 4.69) is 15.3 Å². The number of halogens is 2. The summed E-state index contributed by atoms with van der Waals surface area (Å²) in [5, 5.41) is 4.73. The van der Waals surface area contributed by atoms with E-state index >= 15 is 0 Å². The zero-order valence-corrected chi connectivity index (χ0v) is 12.6. The Morgan fingerprint density at radius 1 is 1.00 bits per heavy atom. The Morgan fingerprint density at radius 3 is 2.43 bits per heavy atom. The lowest BCUT2D eigenvalue weighted by atomic mass is 10.2. The van der Waals surface area contributed by atoms with Crippen molar-refractivity contribution >= 4 is 40.1 Å². The van der Waals surface area contributed by atoms with Crippen LogP contribution in [-0.2, 0) is 0 Å². The van der Waals surface area contributed by atoms with Crippen LogP contribution >= 0.6 is 23.2 Å². The Labute approximate surface area is 131 Å². The van der Waals surface area contributed by atoms with Crippen LogP contribution in [0.3, 0.4) is 0 Å². The van der Waals surface area contributed by atoms with Gasteiger partial charge in [0.05, 0.1) is 10.9 Å². The molecule has 2 aromatic carbocycles. The first-order valence-corrected chi connectivity index (χ1v) is 7.00. The number of fused-ring (bicyclic) bond motifs is 1. The van der Waals surface area contributed by atoms with Crippen molar-refractivity contribution in [2.45, 2.75) is 0 Å². The highest BCUT2D eigenvalue weighted by Gasteiger charge is 2.10. The van der Waals surface area contributed by atoms with Gasteiger partial charge < -0.3 is 10.1 Å². The number of benzene rings is 2. The van der Waals surface area contributed by atoms with Crippen LogP contribution in [0.25, 0.3) is 10.9 Å². The number of rotatable bonds is 3. The molecule has 0 bridgehead atoms. The Morgan fingerprint density at radius 2 is 1.71 bits per heavy atom. The Kier molecular flexibility index (Phi) is 3.82. The second kappa shape index (κ2) is 5.76. The number of hydrogen-bond donors (Lipinski definition) is 1. The van der Waals surface area contributed by atoms with Gasteiger partial charge in [-0.25, -0.2) is 4.98 Å². The second-order valence-electron chi connectivity index (χ2n) is 4.33. The van der Waals surface area contributed by atoms with Gasteiger partial charge in [-0.05, 0) is 30.3 Å². The molecule has 0 aliphatic carbocycles. The highest BCUT2D eigenvalue weighted by Crippen LogP contribution is 2.31. The maximum atomic E-state index is 5.98. The molecule has 4 nitrogen and oxygen atoms in total. The molecule has 0 aliphatic rings. The smallest absolute Gasteiger partial charge is 0.231 e. The fourth-order valence-corrected chi connectivity index (χ4v) is 2.44. The topological polar surface area (TPSA) is 47.0 Å². The van der Waals surface area contributed by atoms with Crippen molar-refractivity contribution in [3.05, 3.63) is 52.5 Å². The van der Waals surface area contributed by atoms with Gasteiger partial charge >= 0.3 is 0 Å². The van der Waals surface area contributed by atoms with Crippen molar-refractivity contribution < 1.29 is 4.74 Å². The molecule has 1 heterocycles. The Bertz CT molecular complexity index is 788. The van der Waals surface area contributed by atoms with Crippen molar-refractivity contribution in [2.24, 2.45) is 0 Å². The van der Waals surface area contributed by atoms with Crippen molar-refractivity contribution in [2.75, 3.05) is 12.4 Å². The average Bonchev–Trinajstić information content (AvgIpc) is 2.46. The molecule has 3 rings (SSSR count). The van der Waals surface area contributed by atoms with Gasteiger partial charge in [-0.2, -0.15) is 4.98 Å². The van der Waals surface area contributed by atoms with E-state index in [0.29, 0.717) is 27.6 Å². The lowest BCUT2D eigenvalue weighted by molar-refractivity contribution is 0.469. The molecule has 0 atom stereocenters. The van der Waals surface area contributed by atoms with Crippen LogP contribution < -0.4 is 10.1 Å². The molecule has 0 radical (unpaired) electrons. The molecule has 21 heavy (non-hydrogen) atoms. The SMILES string of the molecule is CNc1nc(Oc2cc(Cl)cc(Cl)c2)c2ccccc2n1. The largest absolute Gasteiger partial charge is 0.438 e. The third-order valence-electron chi connectivity index (χ3n) is 2.84. The van der Waals surface area contributed by atoms with E-state index in [1.54, 1.807) is 25.2 Å². The number of aromatic nitrogens is 2. The van der Waals surface area contributed by atoms with Gasteiger partial charge in [-0.15, -0.1) is 0 Å². The van der Waals surface area contributed by atoms with Gasteiger partial charge in [0.1, 0.15) is 5.75 Å². The second-order valence-corrected chi connectivity index (χ2v) is 5.20. The molecule has 1 aromatic heterocycles. The summed E-state index contributed by atoms with van der Waals surface area (Å²) in [4.78, 5) is 8.72. The van der Waals surface area contributed by atoms with Crippen molar-refractivity contribution in [1.29, 1.82) is 0 Å². The minimum atomic E-state index is 0.447. The molecule has 0 amide bonds. The van der Waals surface area contributed by atoms with Gasteiger partial charge in [-0.1, -0.05) is 35.3 Å². The minimum Gasteiger partial charge on any atom is -0.438 e. The molecule has 3 aromatic rings. The number of ether oxygens (including phenoxy) is 1. The zero-order valence-electron chi connectivity index (χ0n) is 11.1. The van der Waals surface area contributed by atoms with Gasteiger partial charge in [0.25, 0.3) is 0 Å². The zero-order chi connectivity index (χ0) is 14.8. The van der Waals surface area contributed by atoms with Crippen LogP contribution in [0, 0.1) is 0 Å². The third kappa shape index (κ3) is 3.01. The Balaban J connectivity index is 2.10. The number of nitrogens with one attached hydrogen (secondary N) is 1. The quantitative estimate of drug-likeness (QED) is 0.755. The molecular weight excluding hydrogens is 309 g/mol. The lowest BCUT2D eigenvalue weighted by Crippen LogP contribution is -1.99. The van der Waals surface area contributed by atoms with E-state index in [9.17, 15) is 0 Å². The van der Waals surface area contributed by atoms with Crippen molar-refractivity contribution in [3.8, 4) is 11.6 Å². The summed E-state index contributed by atoms with van der Waals surface area (Å²) in [6.45, 7) is 0. The predicted molar refractivity (Wildman–Crippen MR) is 85.6 cm³/mol. The summed E-state index contributed by atoms with van der Waals surface area (Å²) in [5.41, 5.74) is 0.792. The molecule has 0 saturated heterocycles. The van der Waals surface area contributed by atoms with Crippen LogP contribution in [0.4, 0.5) is 5.95 Å². The van der Waals surface area contributed by atoms with Crippen LogP contribution in [-0.4, -0.2) is 17.0 Å². The molecule has 0 aliphatic heterocycles. The van der Waals surface area contributed by atoms with E-state index < -0.39 is 0 Å². The van der Waals surface area contributed by atoms with E-state index in [0.717, 1.165) is 10.9 Å². The third-order valence-corrected chi connectivity index (χ3v) is 3.28. The first-order valence-electron chi connectivity index (χ1n) is 6.24. The number of para-hydroxylation sites is 1. The Hall–Kier alpha value is -2.04. The number of anilines is 1. The van der Waals surface area contributed by atoms with Gasteiger partial charge in [0.15, 0.2) is 0 Å². The van der Waals surface area contributed by atoms with E-state index in [1.165, 1.54) is 0 Å². The summed E-state index contributed by atoms with van der Waals surface area (Å²) in [5.74, 6) is 1.46. The normalized spacial score (nSPS) is 10.6. The first kappa shape index (κ1) is 13.9. The molecule has 106 valence electrons. The summed E-state index contributed by atoms with van der Waals surface area (Å²) in [6.07, 6.45) is 0. The molecule has 0 fully saturated rings. The molecule has 0 spiro atoms. The lowest BCUT2D eigenvalue weighted by Gasteiger charge is -2.10.